The van der Waals surface area contributed by atoms with E-state index in [0.717, 1.165) is 89.9 Å². The van der Waals surface area contributed by atoms with Gasteiger partial charge in [-0.05, 0) is 103 Å². The molecule has 1 N–H and O–H groups in total. The molecule has 0 amide bonds. The van der Waals surface area contributed by atoms with Gasteiger partial charge in [-0.3, -0.25) is 9.59 Å². The molecule has 81 heavy (non-hydrogen) atoms. The first kappa shape index (κ1) is 76.4. The van der Waals surface area contributed by atoms with Gasteiger partial charge in [0, 0.05) is 12.8 Å². The first-order chi connectivity index (χ1) is 39.6. The predicted molar refractivity (Wildman–Crippen MR) is 345 cm³/mol. The van der Waals surface area contributed by atoms with Crippen LogP contribution in [0.1, 0.15) is 245 Å². The molecular weight excluding hydrogens is 1010 g/mol. The zero-order valence-electron chi connectivity index (χ0n) is 52.4. The molecule has 0 fully saturated rings. The van der Waals surface area contributed by atoms with Gasteiger partial charge in [0.25, 0.3) is 6.29 Å². The van der Waals surface area contributed by atoms with Crippen molar-refractivity contribution in [2.24, 2.45) is 0 Å². The zero-order chi connectivity index (χ0) is 59.1. The fourth-order valence-electron chi connectivity index (χ4n) is 8.52. The Labute approximate surface area is 497 Å². The largest absolute Gasteiger partial charge is 0.477 e. The molecule has 0 spiro atoms. The molecule has 2 unspecified atom stereocenters. The van der Waals surface area contributed by atoms with Crippen molar-refractivity contribution in [3.8, 4) is 0 Å². The number of ether oxygens (including phenoxy) is 4. The Balaban J connectivity index is 4.20. The number of carbonyl (C=O) groups excluding carboxylic acids is 2. The Bertz CT molecular complexity index is 1790. The summed E-state index contributed by atoms with van der Waals surface area (Å²) in [7, 11) is 5.95. The summed E-state index contributed by atoms with van der Waals surface area (Å²) in [6, 6.07) is 0. The van der Waals surface area contributed by atoms with E-state index in [0.29, 0.717) is 23.9 Å². The van der Waals surface area contributed by atoms with Gasteiger partial charge >= 0.3 is 17.9 Å². The molecule has 0 saturated heterocycles. The minimum absolute atomic E-state index is 0.171. The average Bonchev–Trinajstić information content (AvgIpc) is 3.44. The number of carbonyl (C=O) groups is 3. The summed E-state index contributed by atoms with van der Waals surface area (Å²) in [6.07, 6.45) is 85.7. The summed E-state index contributed by atoms with van der Waals surface area (Å²) < 4.78 is 22.8. The smallest absolute Gasteiger partial charge is 0.361 e. The van der Waals surface area contributed by atoms with Crippen molar-refractivity contribution in [1.82, 2.24) is 0 Å². The molecule has 0 saturated carbocycles. The van der Waals surface area contributed by atoms with Gasteiger partial charge in [-0.2, -0.15) is 0 Å². The molecular formula is C72H120NO8+. The molecule has 0 aromatic carbocycles. The summed E-state index contributed by atoms with van der Waals surface area (Å²) in [5.41, 5.74) is 0. The van der Waals surface area contributed by atoms with E-state index in [1.54, 1.807) is 0 Å². The highest BCUT2D eigenvalue weighted by Crippen LogP contribution is 2.16. The summed E-state index contributed by atoms with van der Waals surface area (Å²) in [5, 5.41) is 9.72. The fraction of sp³-hybridized carbons (Fsp3) is 0.653. The maximum Gasteiger partial charge on any atom is 0.361 e. The van der Waals surface area contributed by atoms with E-state index in [1.807, 2.05) is 21.1 Å². The predicted octanol–water partition coefficient (Wildman–Crippen LogP) is 19.8. The quantitative estimate of drug-likeness (QED) is 0.0211. The van der Waals surface area contributed by atoms with Crippen LogP contribution in [0.15, 0.2) is 134 Å². The van der Waals surface area contributed by atoms with Crippen molar-refractivity contribution in [2.45, 2.75) is 257 Å². The van der Waals surface area contributed by atoms with Crippen molar-refractivity contribution < 1.29 is 42.9 Å². The molecule has 0 aliphatic heterocycles. The number of aliphatic carboxylic acids is 1. The Hall–Kier alpha value is -4.57. The Morgan fingerprint density at radius 1 is 0.370 bits per heavy atom. The highest BCUT2D eigenvalue weighted by atomic mass is 16.7. The van der Waals surface area contributed by atoms with Crippen molar-refractivity contribution in [2.75, 3.05) is 47.5 Å². The van der Waals surface area contributed by atoms with Crippen molar-refractivity contribution in [1.29, 1.82) is 0 Å². The number of unbranched alkanes of at least 4 members (excludes halogenated alkanes) is 21. The number of nitrogens with zero attached hydrogens (tertiary/aromatic N) is 1. The Morgan fingerprint density at radius 2 is 0.679 bits per heavy atom. The highest BCUT2D eigenvalue weighted by Gasteiger charge is 2.25. The number of rotatable bonds is 58. The number of quaternary nitrogens is 1. The molecule has 0 radical (unpaired) electrons. The minimum atomic E-state index is -1.53. The first-order valence-electron chi connectivity index (χ1n) is 32.3. The summed E-state index contributed by atoms with van der Waals surface area (Å²) in [5.74, 6) is -2.09. The third-order valence-corrected chi connectivity index (χ3v) is 13.4. The molecule has 0 rings (SSSR count). The zero-order valence-corrected chi connectivity index (χ0v) is 52.4. The SMILES string of the molecule is CC/C=C\C/C=C\C/C=C\C/C=C\C/C=C\C/C=C\C/C=C\CCCC(=O)OC(COC(=O)CCCCCCCCCCCCCCCCCCCCCC/C=C\C/C=C\C/C=C\C/C=C\CC)COC(OCC[N+](C)(C)C)C(=O)O. The minimum Gasteiger partial charge on any atom is -0.477 e. The van der Waals surface area contributed by atoms with Gasteiger partial charge in [-0.15, -0.1) is 0 Å². The second kappa shape index (κ2) is 61.5. The topological polar surface area (TPSA) is 108 Å². The molecule has 460 valence electrons. The van der Waals surface area contributed by atoms with Crippen LogP contribution in [0, 0.1) is 0 Å². The fourth-order valence-corrected chi connectivity index (χ4v) is 8.52. The van der Waals surface area contributed by atoms with Crippen molar-refractivity contribution in [3.05, 3.63) is 134 Å². The van der Waals surface area contributed by atoms with Gasteiger partial charge in [0.1, 0.15) is 13.2 Å². The summed E-state index contributed by atoms with van der Waals surface area (Å²) in [4.78, 5) is 37.5. The number of carboxylic acid groups (broad SMARTS) is 1. The van der Waals surface area contributed by atoms with Crippen LogP contribution in [-0.4, -0.2) is 87.4 Å². The van der Waals surface area contributed by atoms with E-state index in [2.05, 4.69) is 148 Å². The van der Waals surface area contributed by atoms with Gasteiger partial charge in [0.05, 0.1) is 34.4 Å². The molecule has 0 aromatic rings. The van der Waals surface area contributed by atoms with Gasteiger partial charge in [0.2, 0.25) is 0 Å². The Morgan fingerprint density at radius 3 is 1.02 bits per heavy atom. The van der Waals surface area contributed by atoms with E-state index in [-0.39, 0.29) is 38.6 Å². The maximum absolute atomic E-state index is 12.9. The lowest BCUT2D eigenvalue weighted by atomic mass is 10.0. The van der Waals surface area contributed by atoms with Crippen LogP contribution in [-0.2, 0) is 33.3 Å². The normalized spacial score (nSPS) is 13.6. The van der Waals surface area contributed by atoms with Gasteiger partial charge in [-0.1, -0.05) is 263 Å². The molecule has 0 heterocycles. The van der Waals surface area contributed by atoms with Crippen molar-refractivity contribution in [3.63, 3.8) is 0 Å². The number of carboxylic acids is 1. The number of hydrogen-bond donors (Lipinski definition) is 1. The lowest BCUT2D eigenvalue weighted by molar-refractivity contribution is -0.870. The summed E-state index contributed by atoms with van der Waals surface area (Å²) in [6.45, 7) is 4.58. The van der Waals surface area contributed by atoms with E-state index in [4.69, 9.17) is 18.9 Å². The molecule has 0 bridgehead atoms. The first-order valence-corrected chi connectivity index (χ1v) is 32.3. The van der Waals surface area contributed by atoms with E-state index >= 15 is 0 Å². The number of esters is 2. The van der Waals surface area contributed by atoms with E-state index < -0.39 is 24.3 Å². The lowest BCUT2D eigenvalue weighted by Gasteiger charge is -2.25. The van der Waals surface area contributed by atoms with Crippen LogP contribution in [0.4, 0.5) is 0 Å². The van der Waals surface area contributed by atoms with Crippen LogP contribution < -0.4 is 0 Å². The molecule has 9 heteroatoms. The van der Waals surface area contributed by atoms with Crippen LogP contribution in [0.5, 0.6) is 0 Å². The van der Waals surface area contributed by atoms with Crippen LogP contribution in [0.25, 0.3) is 0 Å². The van der Waals surface area contributed by atoms with E-state index in [1.165, 1.54) is 116 Å². The number of allylic oxidation sites excluding steroid dienone is 22. The maximum atomic E-state index is 12.9. The third-order valence-electron chi connectivity index (χ3n) is 13.4. The Kier molecular flexibility index (Phi) is 58.0. The monoisotopic (exact) mass is 1130 g/mol. The van der Waals surface area contributed by atoms with Crippen molar-refractivity contribution >= 4 is 17.9 Å². The summed E-state index contributed by atoms with van der Waals surface area (Å²) >= 11 is 0. The molecule has 0 aliphatic rings. The second-order valence-corrected chi connectivity index (χ2v) is 22.3. The van der Waals surface area contributed by atoms with Crippen LogP contribution >= 0.6 is 0 Å². The number of likely N-dealkylation sites (N-methyl/N-ethyl adjacent to an activating group) is 1. The van der Waals surface area contributed by atoms with E-state index in [9.17, 15) is 19.5 Å². The molecule has 9 nitrogen and oxygen atoms in total. The number of hydrogen-bond acceptors (Lipinski definition) is 7. The standard InChI is InChI=1S/C72H119NO8/c1-6-8-10-12-14-16-18-20-22-24-26-28-30-31-32-33-34-35-36-37-38-39-41-42-44-46-48-50-52-54-56-58-60-62-69(74)79-66-68(67-80-72(71(76)77)78-65-64-73(3,4)5)81-70(75)63-61-59-57-55-53-51-49-47-45-43-40-29-27-25-23-21-19-17-15-13-11-9-7-2/h8-11,14-17,20-23,26-29,43,45,49,51,55,57,68,72H,6-7,12-13,18-19,24-25,30-42,44,46-48,50,52-54,56,58-67H2,1-5H3/p+1/b10-8-,11-9-,16-14-,17-15-,22-20-,23-21-,28-26-,29-27-,45-43-,51-49-,57-55-. The van der Waals surface area contributed by atoms with Crippen LogP contribution in [0.2, 0.25) is 0 Å². The van der Waals surface area contributed by atoms with Crippen LogP contribution in [0.3, 0.4) is 0 Å². The second-order valence-electron chi connectivity index (χ2n) is 22.3. The van der Waals surface area contributed by atoms with Gasteiger partial charge in [-0.25, -0.2) is 4.79 Å². The highest BCUT2D eigenvalue weighted by molar-refractivity contribution is 5.71. The lowest BCUT2D eigenvalue weighted by Crippen LogP contribution is -2.40. The molecule has 2 atom stereocenters. The average molecular weight is 1130 g/mol. The molecule has 0 aromatic heterocycles. The van der Waals surface area contributed by atoms with Gasteiger partial charge < -0.3 is 28.5 Å². The third kappa shape index (κ3) is 62.9. The molecule has 0 aliphatic carbocycles. The van der Waals surface area contributed by atoms with Gasteiger partial charge in [0.15, 0.2) is 6.10 Å².